The van der Waals surface area contributed by atoms with E-state index in [2.05, 4.69) is 9.97 Å². The molecule has 0 saturated heterocycles. The van der Waals surface area contributed by atoms with Crippen molar-refractivity contribution in [2.24, 2.45) is 0 Å². The topological polar surface area (TPSA) is 78.2 Å². The van der Waals surface area contributed by atoms with Crippen molar-refractivity contribution >= 4 is 17.3 Å². The number of aryl methyl sites for hydroxylation is 1. The zero-order valence-corrected chi connectivity index (χ0v) is 10.1. The number of hydrogen-bond acceptors (Lipinski definition) is 5. The fourth-order valence-corrected chi connectivity index (χ4v) is 1.53. The molecule has 2 aromatic rings. The Balaban J connectivity index is 2.20. The van der Waals surface area contributed by atoms with Crippen LogP contribution in [0.1, 0.15) is 5.69 Å². The molecule has 0 fully saturated rings. The second kappa shape index (κ2) is 4.97. The number of halogens is 1. The number of ether oxygens (including phenoxy) is 1. The van der Waals surface area contributed by atoms with Crippen LogP contribution in [0.25, 0.3) is 0 Å². The summed E-state index contributed by atoms with van der Waals surface area (Å²) < 4.78 is 5.42. The molecule has 1 heterocycles. The van der Waals surface area contributed by atoms with Gasteiger partial charge in [0.1, 0.15) is 5.75 Å². The van der Waals surface area contributed by atoms with E-state index in [0.717, 1.165) is 0 Å². The molecule has 2 rings (SSSR count). The van der Waals surface area contributed by atoms with Crippen LogP contribution in [-0.4, -0.2) is 14.9 Å². The minimum atomic E-state index is -0.477. The van der Waals surface area contributed by atoms with Crippen molar-refractivity contribution in [3.05, 3.63) is 51.4 Å². The number of nitrogens with zero attached hydrogens (tertiary/aromatic N) is 3. The smallest absolute Gasteiger partial charge is 0.269 e. The largest absolute Gasteiger partial charge is 0.439 e. The average Bonchev–Trinajstić information content (AvgIpc) is 2.28. The summed E-state index contributed by atoms with van der Waals surface area (Å²) in [7, 11) is 0. The molecule has 0 aliphatic heterocycles. The number of rotatable bonds is 3. The van der Waals surface area contributed by atoms with Crippen LogP contribution in [0.2, 0.25) is 5.28 Å². The van der Waals surface area contributed by atoms with Crippen molar-refractivity contribution < 1.29 is 9.66 Å². The van der Waals surface area contributed by atoms with E-state index in [-0.39, 0.29) is 11.0 Å². The van der Waals surface area contributed by atoms with Crippen LogP contribution in [0, 0.1) is 17.0 Å². The maximum absolute atomic E-state index is 10.5. The molecule has 0 unspecified atom stereocenters. The van der Waals surface area contributed by atoms with Gasteiger partial charge in [0.2, 0.25) is 11.2 Å². The molecular weight excluding hydrogens is 258 g/mol. The fourth-order valence-electron chi connectivity index (χ4n) is 1.31. The lowest BCUT2D eigenvalue weighted by Crippen LogP contribution is -1.93. The summed E-state index contributed by atoms with van der Waals surface area (Å²) >= 11 is 5.69. The van der Waals surface area contributed by atoms with Crippen LogP contribution in [0.4, 0.5) is 5.69 Å². The molecule has 6 nitrogen and oxygen atoms in total. The Morgan fingerprint density at radius 3 is 2.50 bits per heavy atom. The van der Waals surface area contributed by atoms with Gasteiger partial charge in [-0.3, -0.25) is 10.1 Å². The van der Waals surface area contributed by atoms with Gasteiger partial charge in [-0.2, -0.15) is 4.98 Å². The SMILES string of the molecule is Cc1cc(Oc2ccc([N+](=O)[O-])cc2)nc(Cl)n1. The molecule has 0 saturated carbocycles. The molecule has 7 heteroatoms. The predicted octanol–water partition coefficient (Wildman–Crippen LogP) is 3.14. The molecule has 0 spiro atoms. The van der Waals surface area contributed by atoms with Crippen molar-refractivity contribution in [1.82, 2.24) is 9.97 Å². The zero-order valence-electron chi connectivity index (χ0n) is 9.33. The second-order valence-electron chi connectivity index (χ2n) is 3.47. The Kier molecular flexibility index (Phi) is 3.38. The van der Waals surface area contributed by atoms with Gasteiger partial charge in [-0.05, 0) is 30.7 Å². The molecular formula is C11H8ClN3O3. The highest BCUT2D eigenvalue weighted by atomic mass is 35.5. The third kappa shape index (κ3) is 2.92. The first-order chi connectivity index (χ1) is 8.54. The van der Waals surface area contributed by atoms with Gasteiger partial charge in [0.05, 0.1) is 4.92 Å². The van der Waals surface area contributed by atoms with E-state index in [9.17, 15) is 10.1 Å². The van der Waals surface area contributed by atoms with Crippen LogP contribution >= 0.6 is 11.6 Å². The Morgan fingerprint density at radius 2 is 1.94 bits per heavy atom. The number of nitro benzene ring substituents is 1. The first-order valence-electron chi connectivity index (χ1n) is 4.98. The number of benzene rings is 1. The first kappa shape index (κ1) is 12.3. The van der Waals surface area contributed by atoms with Gasteiger partial charge in [0.15, 0.2) is 0 Å². The quantitative estimate of drug-likeness (QED) is 0.484. The molecule has 0 aliphatic carbocycles. The van der Waals surface area contributed by atoms with Crippen LogP contribution in [0.5, 0.6) is 11.6 Å². The lowest BCUT2D eigenvalue weighted by molar-refractivity contribution is -0.384. The van der Waals surface area contributed by atoms with E-state index in [1.165, 1.54) is 24.3 Å². The predicted molar refractivity (Wildman–Crippen MR) is 64.9 cm³/mol. The lowest BCUT2D eigenvalue weighted by atomic mass is 10.3. The molecule has 0 atom stereocenters. The van der Waals surface area contributed by atoms with Crippen molar-refractivity contribution in [3.8, 4) is 11.6 Å². The molecule has 0 N–H and O–H groups in total. The fraction of sp³-hybridized carbons (Fsp3) is 0.0909. The molecule has 1 aromatic carbocycles. The van der Waals surface area contributed by atoms with Gasteiger partial charge in [-0.25, -0.2) is 4.98 Å². The number of non-ortho nitro benzene ring substituents is 1. The normalized spacial score (nSPS) is 10.1. The van der Waals surface area contributed by atoms with E-state index in [1.54, 1.807) is 13.0 Å². The van der Waals surface area contributed by atoms with E-state index >= 15 is 0 Å². The van der Waals surface area contributed by atoms with Crippen LogP contribution in [0.15, 0.2) is 30.3 Å². The van der Waals surface area contributed by atoms with E-state index in [0.29, 0.717) is 17.3 Å². The van der Waals surface area contributed by atoms with Gasteiger partial charge in [-0.15, -0.1) is 0 Å². The first-order valence-corrected chi connectivity index (χ1v) is 5.36. The molecule has 0 aliphatic rings. The number of aromatic nitrogens is 2. The van der Waals surface area contributed by atoms with Crippen molar-refractivity contribution in [3.63, 3.8) is 0 Å². The summed E-state index contributed by atoms with van der Waals surface area (Å²) in [4.78, 5) is 17.8. The highest BCUT2D eigenvalue weighted by molar-refractivity contribution is 6.28. The van der Waals surface area contributed by atoms with Crippen molar-refractivity contribution in [1.29, 1.82) is 0 Å². The molecule has 92 valence electrons. The molecule has 0 amide bonds. The summed E-state index contributed by atoms with van der Waals surface area (Å²) in [5.41, 5.74) is 0.672. The van der Waals surface area contributed by atoms with Gasteiger partial charge < -0.3 is 4.74 Å². The van der Waals surface area contributed by atoms with Gasteiger partial charge in [0, 0.05) is 23.9 Å². The van der Waals surface area contributed by atoms with E-state index < -0.39 is 4.92 Å². The van der Waals surface area contributed by atoms with Crippen molar-refractivity contribution in [2.45, 2.75) is 6.92 Å². The summed E-state index contributed by atoms with van der Waals surface area (Å²) in [5.74, 6) is 0.733. The Hall–Kier alpha value is -2.21. The number of hydrogen-bond donors (Lipinski definition) is 0. The monoisotopic (exact) mass is 265 g/mol. The van der Waals surface area contributed by atoms with Crippen LogP contribution in [0.3, 0.4) is 0 Å². The van der Waals surface area contributed by atoms with Crippen molar-refractivity contribution in [2.75, 3.05) is 0 Å². The number of nitro groups is 1. The minimum Gasteiger partial charge on any atom is -0.439 e. The molecule has 0 bridgehead atoms. The Labute approximate surface area is 107 Å². The van der Waals surface area contributed by atoms with Gasteiger partial charge >= 0.3 is 0 Å². The summed E-state index contributed by atoms with van der Waals surface area (Å²) in [5, 5.41) is 10.6. The Morgan fingerprint density at radius 1 is 1.28 bits per heavy atom. The van der Waals surface area contributed by atoms with Gasteiger partial charge in [0.25, 0.3) is 5.69 Å². The molecule has 0 radical (unpaired) electrons. The van der Waals surface area contributed by atoms with E-state index in [1.807, 2.05) is 0 Å². The molecule has 1 aromatic heterocycles. The third-order valence-corrected chi connectivity index (χ3v) is 2.24. The van der Waals surface area contributed by atoms with Gasteiger partial charge in [-0.1, -0.05) is 0 Å². The maximum atomic E-state index is 10.5. The highest BCUT2D eigenvalue weighted by Crippen LogP contribution is 2.23. The summed E-state index contributed by atoms with van der Waals surface area (Å²) in [6, 6.07) is 7.30. The lowest BCUT2D eigenvalue weighted by Gasteiger charge is -2.05. The highest BCUT2D eigenvalue weighted by Gasteiger charge is 2.06. The standard InChI is InChI=1S/C11H8ClN3O3/c1-7-6-10(14-11(12)13-7)18-9-4-2-8(3-5-9)15(16)17/h2-6H,1H3. The van der Waals surface area contributed by atoms with E-state index in [4.69, 9.17) is 16.3 Å². The Bertz CT molecular complexity index is 566. The summed E-state index contributed by atoms with van der Waals surface area (Å²) in [6.45, 7) is 1.76. The maximum Gasteiger partial charge on any atom is 0.269 e. The van der Waals surface area contributed by atoms with Crippen LogP contribution < -0.4 is 4.74 Å². The zero-order chi connectivity index (χ0) is 13.1. The molecule has 18 heavy (non-hydrogen) atoms. The average molecular weight is 266 g/mol. The minimum absolute atomic E-state index is 0.000694. The van der Waals surface area contributed by atoms with Crippen LogP contribution in [-0.2, 0) is 0 Å². The second-order valence-corrected chi connectivity index (χ2v) is 3.81. The summed E-state index contributed by atoms with van der Waals surface area (Å²) in [6.07, 6.45) is 0. The third-order valence-electron chi connectivity index (χ3n) is 2.07.